The van der Waals surface area contributed by atoms with Crippen LogP contribution in [0.2, 0.25) is 0 Å². The smallest absolute Gasteiger partial charge is 0.286 e. The van der Waals surface area contributed by atoms with E-state index in [4.69, 9.17) is 4.74 Å². The number of amides is 1. The Morgan fingerprint density at radius 2 is 1.62 bits per heavy atom. The lowest BCUT2D eigenvalue weighted by Gasteiger charge is -2.13. The molecule has 0 aromatic heterocycles. The Bertz CT molecular complexity index is 807. The number of rotatable bonds is 4. The lowest BCUT2D eigenvalue weighted by atomic mass is 10.0. The summed E-state index contributed by atoms with van der Waals surface area (Å²) in [5.41, 5.74) is 3.13. The van der Waals surface area contributed by atoms with Crippen molar-refractivity contribution in [2.24, 2.45) is 0 Å². The maximum atomic E-state index is 11.9. The summed E-state index contributed by atoms with van der Waals surface area (Å²) < 4.78 is 4.97. The minimum absolute atomic E-state index is 0.125. The molecule has 1 N–H and O–H groups in total. The van der Waals surface area contributed by atoms with Gasteiger partial charge in [0.25, 0.3) is 5.91 Å². The molecule has 2 aromatic carbocycles. The Kier molecular flexibility index (Phi) is 4.52. The first kappa shape index (κ1) is 15.7. The summed E-state index contributed by atoms with van der Waals surface area (Å²) in [6.45, 7) is -0.0827. The lowest BCUT2D eigenvalue weighted by Crippen LogP contribution is -2.32. The van der Waals surface area contributed by atoms with Crippen molar-refractivity contribution >= 4 is 17.5 Å². The molecular weight excluding hydrogens is 306 g/mol. The molecule has 0 fully saturated rings. The summed E-state index contributed by atoms with van der Waals surface area (Å²) >= 11 is 0. The second kappa shape index (κ2) is 6.91. The molecule has 0 bridgehead atoms. The van der Waals surface area contributed by atoms with Gasteiger partial charge in [0.2, 0.25) is 11.6 Å². The van der Waals surface area contributed by atoms with E-state index in [0.29, 0.717) is 6.54 Å². The number of hydrogen-bond donors (Lipinski definition) is 1. The van der Waals surface area contributed by atoms with Crippen LogP contribution in [0, 0.1) is 0 Å². The molecule has 0 unspecified atom stereocenters. The SMILES string of the molecule is O=C1C=C(C(=O)NCc2ccc(-c3ccccc3)cc2)OCC1=O. The molecule has 3 rings (SSSR count). The van der Waals surface area contributed by atoms with Crippen LogP contribution in [0.1, 0.15) is 5.56 Å². The number of ether oxygens (including phenoxy) is 1. The van der Waals surface area contributed by atoms with E-state index in [-0.39, 0.29) is 12.4 Å². The third kappa shape index (κ3) is 3.57. The van der Waals surface area contributed by atoms with Crippen molar-refractivity contribution in [3.8, 4) is 11.1 Å². The fraction of sp³-hybridized carbons (Fsp3) is 0.105. The highest BCUT2D eigenvalue weighted by Crippen LogP contribution is 2.19. The van der Waals surface area contributed by atoms with E-state index < -0.39 is 17.5 Å². The van der Waals surface area contributed by atoms with E-state index in [2.05, 4.69) is 5.32 Å². The van der Waals surface area contributed by atoms with Crippen molar-refractivity contribution in [2.75, 3.05) is 6.61 Å². The average Bonchev–Trinajstić information content (AvgIpc) is 2.63. The number of hydrogen-bond acceptors (Lipinski definition) is 4. The van der Waals surface area contributed by atoms with Gasteiger partial charge in [0.15, 0.2) is 12.4 Å². The van der Waals surface area contributed by atoms with Crippen LogP contribution < -0.4 is 5.32 Å². The predicted molar refractivity (Wildman–Crippen MR) is 87.8 cm³/mol. The molecular formula is C19H15NO4. The molecule has 24 heavy (non-hydrogen) atoms. The van der Waals surface area contributed by atoms with Gasteiger partial charge in [0.1, 0.15) is 0 Å². The minimum atomic E-state index is -0.710. The van der Waals surface area contributed by atoms with Crippen LogP contribution in [0.3, 0.4) is 0 Å². The molecule has 0 spiro atoms. The number of Topliss-reactive ketones (excluding diaryl/α,β-unsaturated/α-hetero) is 1. The highest BCUT2D eigenvalue weighted by molar-refractivity contribution is 6.43. The van der Waals surface area contributed by atoms with E-state index in [9.17, 15) is 14.4 Å². The maximum absolute atomic E-state index is 11.9. The summed E-state index contributed by atoms with van der Waals surface area (Å²) in [4.78, 5) is 34.3. The molecule has 5 nitrogen and oxygen atoms in total. The van der Waals surface area contributed by atoms with Crippen LogP contribution >= 0.6 is 0 Å². The first-order valence-corrected chi connectivity index (χ1v) is 7.48. The van der Waals surface area contributed by atoms with Crippen molar-refractivity contribution < 1.29 is 19.1 Å². The first-order valence-electron chi connectivity index (χ1n) is 7.48. The lowest BCUT2D eigenvalue weighted by molar-refractivity contribution is -0.138. The van der Waals surface area contributed by atoms with Crippen LogP contribution in [0.15, 0.2) is 66.4 Å². The van der Waals surface area contributed by atoms with Crippen molar-refractivity contribution in [2.45, 2.75) is 6.54 Å². The van der Waals surface area contributed by atoms with Gasteiger partial charge in [-0.2, -0.15) is 0 Å². The fourth-order valence-electron chi connectivity index (χ4n) is 2.30. The summed E-state index contributed by atoms with van der Waals surface area (Å²) in [5, 5.41) is 2.67. The van der Waals surface area contributed by atoms with E-state index >= 15 is 0 Å². The van der Waals surface area contributed by atoms with Gasteiger partial charge in [0.05, 0.1) is 0 Å². The Morgan fingerprint density at radius 1 is 0.958 bits per heavy atom. The minimum Gasteiger partial charge on any atom is -0.479 e. The van der Waals surface area contributed by atoms with Gasteiger partial charge >= 0.3 is 0 Å². The van der Waals surface area contributed by atoms with E-state index in [1.807, 2.05) is 54.6 Å². The van der Waals surface area contributed by atoms with E-state index in [1.54, 1.807) is 0 Å². The molecule has 0 radical (unpaired) electrons. The van der Waals surface area contributed by atoms with Gasteiger partial charge in [0, 0.05) is 12.6 Å². The fourth-order valence-corrected chi connectivity index (χ4v) is 2.30. The first-order chi connectivity index (χ1) is 11.6. The number of carbonyl (C=O) groups is 3. The Balaban J connectivity index is 1.61. The molecule has 1 heterocycles. The second-order valence-corrected chi connectivity index (χ2v) is 5.33. The number of allylic oxidation sites excluding steroid dienone is 1. The zero-order valence-electron chi connectivity index (χ0n) is 12.8. The van der Waals surface area contributed by atoms with Gasteiger partial charge in [-0.3, -0.25) is 14.4 Å². The Hall–Kier alpha value is -3.21. The monoisotopic (exact) mass is 321 g/mol. The van der Waals surface area contributed by atoms with Crippen molar-refractivity contribution in [3.63, 3.8) is 0 Å². The van der Waals surface area contributed by atoms with Gasteiger partial charge in [-0.1, -0.05) is 54.6 Å². The largest absolute Gasteiger partial charge is 0.479 e. The highest BCUT2D eigenvalue weighted by Gasteiger charge is 2.23. The maximum Gasteiger partial charge on any atom is 0.286 e. The van der Waals surface area contributed by atoms with E-state index in [1.165, 1.54) is 0 Å². The molecule has 0 atom stereocenters. The third-order valence-corrected chi connectivity index (χ3v) is 3.63. The van der Waals surface area contributed by atoms with Gasteiger partial charge in [-0.25, -0.2) is 0 Å². The summed E-state index contributed by atoms with van der Waals surface area (Å²) in [5.74, 6) is -2.00. The van der Waals surface area contributed by atoms with Crippen LogP contribution in [0.5, 0.6) is 0 Å². The quantitative estimate of drug-likeness (QED) is 0.875. The highest BCUT2D eigenvalue weighted by atomic mass is 16.5. The molecule has 120 valence electrons. The number of benzene rings is 2. The van der Waals surface area contributed by atoms with Crippen LogP contribution in [-0.2, 0) is 25.7 Å². The standard InChI is InChI=1S/C19H15NO4/c21-16-10-18(24-12-17(16)22)19(23)20-11-13-6-8-15(9-7-13)14-4-2-1-3-5-14/h1-10H,11-12H2,(H,20,23). The Morgan fingerprint density at radius 3 is 2.29 bits per heavy atom. The van der Waals surface area contributed by atoms with Crippen molar-refractivity contribution in [3.05, 3.63) is 72.0 Å². The van der Waals surface area contributed by atoms with Crippen molar-refractivity contribution in [1.29, 1.82) is 0 Å². The summed E-state index contributed by atoms with van der Waals surface area (Å²) in [6, 6.07) is 17.8. The molecule has 0 aliphatic carbocycles. The number of ketones is 2. The molecule has 0 saturated heterocycles. The molecule has 1 aliphatic heterocycles. The molecule has 2 aromatic rings. The topological polar surface area (TPSA) is 72.5 Å². The van der Waals surface area contributed by atoms with Crippen molar-refractivity contribution in [1.82, 2.24) is 5.32 Å². The molecule has 1 amide bonds. The van der Waals surface area contributed by atoms with Gasteiger partial charge in [-0.15, -0.1) is 0 Å². The van der Waals surface area contributed by atoms with Gasteiger partial charge < -0.3 is 10.1 Å². The predicted octanol–water partition coefficient (Wildman–Crippen LogP) is 2.02. The van der Waals surface area contributed by atoms with E-state index in [0.717, 1.165) is 22.8 Å². The molecule has 5 heteroatoms. The number of nitrogens with one attached hydrogen (secondary N) is 1. The van der Waals surface area contributed by atoms with Gasteiger partial charge in [-0.05, 0) is 16.7 Å². The zero-order chi connectivity index (χ0) is 16.9. The third-order valence-electron chi connectivity index (χ3n) is 3.63. The van der Waals surface area contributed by atoms with Crippen LogP contribution in [-0.4, -0.2) is 24.1 Å². The van der Waals surface area contributed by atoms with Crippen LogP contribution in [0.25, 0.3) is 11.1 Å². The molecule has 1 aliphatic rings. The normalized spacial score (nSPS) is 13.9. The molecule has 0 saturated carbocycles. The summed E-state index contributed by atoms with van der Waals surface area (Å²) in [6.07, 6.45) is 0.930. The second-order valence-electron chi connectivity index (χ2n) is 5.33. The zero-order valence-corrected chi connectivity index (χ0v) is 12.8. The Labute approximate surface area is 138 Å². The van der Waals surface area contributed by atoms with Crippen LogP contribution in [0.4, 0.5) is 0 Å². The average molecular weight is 321 g/mol. The summed E-state index contributed by atoms with van der Waals surface area (Å²) in [7, 11) is 0. The number of carbonyl (C=O) groups excluding carboxylic acids is 3.